The minimum Gasteiger partial charge on any atom is -0.361 e. The summed E-state index contributed by atoms with van der Waals surface area (Å²) in [5.74, 6) is 0.910. The van der Waals surface area contributed by atoms with E-state index < -0.39 is 0 Å². The van der Waals surface area contributed by atoms with E-state index in [1.54, 1.807) is 12.3 Å². The van der Waals surface area contributed by atoms with Crippen molar-refractivity contribution >= 4 is 17.5 Å². The van der Waals surface area contributed by atoms with Crippen molar-refractivity contribution in [1.29, 1.82) is 0 Å². The molecule has 2 aromatic carbocycles. The highest BCUT2D eigenvalue weighted by Crippen LogP contribution is 2.32. The molecular formula is C29H26N6O. The highest BCUT2D eigenvalue weighted by atomic mass is 16.2. The third-order valence-electron chi connectivity index (χ3n) is 6.45. The molecule has 4 aromatic rings. The van der Waals surface area contributed by atoms with Gasteiger partial charge in [0.1, 0.15) is 6.20 Å². The molecule has 0 unspecified atom stereocenters. The first-order valence-electron chi connectivity index (χ1n) is 12.0. The predicted octanol–water partition coefficient (Wildman–Crippen LogP) is 6.22. The summed E-state index contributed by atoms with van der Waals surface area (Å²) in [7, 11) is 0. The van der Waals surface area contributed by atoms with Crippen LogP contribution < -0.4 is 5.32 Å². The van der Waals surface area contributed by atoms with Gasteiger partial charge in [0, 0.05) is 29.8 Å². The third-order valence-corrected chi connectivity index (χ3v) is 6.45. The average molecular weight is 475 g/mol. The van der Waals surface area contributed by atoms with Crippen LogP contribution in [-0.4, -0.2) is 32.4 Å². The van der Waals surface area contributed by atoms with Crippen LogP contribution in [0.1, 0.15) is 29.3 Å². The van der Waals surface area contributed by atoms with Crippen molar-refractivity contribution in [3.8, 4) is 22.6 Å². The molecule has 0 spiro atoms. The van der Waals surface area contributed by atoms with E-state index in [2.05, 4.69) is 47.2 Å². The molecule has 5 rings (SSSR count). The van der Waals surface area contributed by atoms with Crippen LogP contribution in [0.4, 0.5) is 16.3 Å². The van der Waals surface area contributed by atoms with Crippen molar-refractivity contribution in [3.63, 3.8) is 0 Å². The summed E-state index contributed by atoms with van der Waals surface area (Å²) in [6.45, 7) is 12.3. The zero-order valence-electron chi connectivity index (χ0n) is 20.3. The highest BCUT2D eigenvalue weighted by Gasteiger charge is 2.27. The number of carbonyl (C=O) groups is 1. The summed E-state index contributed by atoms with van der Waals surface area (Å²) in [5.41, 5.74) is 7.57. The second-order valence-corrected chi connectivity index (χ2v) is 8.81. The van der Waals surface area contributed by atoms with Crippen molar-refractivity contribution in [2.75, 3.05) is 11.9 Å². The fourth-order valence-electron chi connectivity index (χ4n) is 4.43. The van der Waals surface area contributed by atoms with Gasteiger partial charge in [0.2, 0.25) is 0 Å². The molecule has 1 N–H and O–H groups in total. The first-order chi connectivity index (χ1) is 17.6. The van der Waals surface area contributed by atoms with Crippen LogP contribution >= 0.6 is 0 Å². The van der Waals surface area contributed by atoms with Gasteiger partial charge < -0.3 is 15.1 Å². The number of hydrogen-bond donors (Lipinski definition) is 1. The van der Waals surface area contributed by atoms with Gasteiger partial charge in [-0.15, -0.1) is 4.98 Å². The maximum absolute atomic E-state index is 13.2. The van der Waals surface area contributed by atoms with Crippen molar-refractivity contribution in [1.82, 2.24) is 19.9 Å². The number of fused-ring (bicyclic) bond motifs is 1. The van der Waals surface area contributed by atoms with Crippen LogP contribution in [0.15, 0.2) is 66.9 Å². The van der Waals surface area contributed by atoms with E-state index >= 15 is 0 Å². The quantitative estimate of drug-likeness (QED) is 0.357. The number of pyridine rings is 1. The van der Waals surface area contributed by atoms with Crippen LogP contribution in [-0.2, 0) is 19.4 Å². The Bertz CT molecular complexity index is 1470. The maximum Gasteiger partial charge on any atom is 0.322 e. The molecule has 0 aliphatic carbocycles. The minimum absolute atomic E-state index is 0.132. The summed E-state index contributed by atoms with van der Waals surface area (Å²) >= 11 is 0. The molecular weight excluding hydrogens is 448 g/mol. The van der Waals surface area contributed by atoms with Gasteiger partial charge in [-0.3, -0.25) is 0 Å². The van der Waals surface area contributed by atoms with Crippen LogP contribution in [0.2, 0.25) is 0 Å². The molecule has 0 fully saturated rings. The van der Waals surface area contributed by atoms with E-state index in [0.717, 1.165) is 45.7 Å². The van der Waals surface area contributed by atoms with Gasteiger partial charge in [-0.25, -0.2) is 14.8 Å². The number of hydrogen-bond acceptors (Lipinski definition) is 4. The second-order valence-electron chi connectivity index (χ2n) is 8.81. The first-order valence-corrected chi connectivity index (χ1v) is 12.0. The Balaban J connectivity index is 1.51. The molecule has 0 bridgehead atoms. The molecule has 178 valence electrons. The molecule has 0 atom stereocenters. The molecule has 1 aliphatic rings. The number of benzene rings is 2. The fourth-order valence-corrected chi connectivity index (χ4v) is 4.43. The highest BCUT2D eigenvalue weighted by molar-refractivity contribution is 5.89. The summed E-state index contributed by atoms with van der Waals surface area (Å²) in [6.07, 6.45) is 3.18. The summed E-state index contributed by atoms with van der Waals surface area (Å²) in [4.78, 5) is 32.4. The number of urea groups is 1. The molecule has 2 amide bonds. The SMILES string of the molecule is [C-]#[N+]c1ccc(-c2nc3c(c(-c4ccccc4C)n2)CN(C(=O)Nc2cccc(CC)c2)CC3)cn1. The van der Waals surface area contributed by atoms with Gasteiger partial charge in [0.05, 0.1) is 23.5 Å². The number of nitrogens with zero attached hydrogens (tertiary/aromatic N) is 5. The van der Waals surface area contributed by atoms with Crippen LogP contribution in [0, 0.1) is 13.5 Å². The van der Waals surface area contributed by atoms with Crippen molar-refractivity contribution in [2.45, 2.75) is 33.2 Å². The molecule has 7 nitrogen and oxygen atoms in total. The molecule has 3 heterocycles. The minimum atomic E-state index is -0.132. The molecule has 1 aliphatic heterocycles. The normalized spacial score (nSPS) is 12.5. The topological polar surface area (TPSA) is 75.4 Å². The number of amides is 2. The Morgan fingerprint density at radius 3 is 2.72 bits per heavy atom. The lowest BCUT2D eigenvalue weighted by Crippen LogP contribution is -2.39. The Labute approximate surface area is 210 Å². The largest absolute Gasteiger partial charge is 0.361 e. The maximum atomic E-state index is 13.2. The molecule has 0 radical (unpaired) electrons. The van der Waals surface area contributed by atoms with Gasteiger partial charge in [0.25, 0.3) is 5.82 Å². The van der Waals surface area contributed by atoms with Crippen LogP contribution in [0.25, 0.3) is 27.5 Å². The first kappa shape index (κ1) is 23.2. The Hall–Kier alpha value is -4.57. The number of aryl methyl sites for hydroxylation is 2. The Morgan fingerprint density at radius 2 is 1.97 bits per heavy atom. The number of nitrogens with one attached hydrogen (secondary N) is 1. The molecule has 36 heavy (non-hydrogen) atoms. The number of aromatic nitrogens is 3. The average Bonchev–Trinajstić information content (AvgIpc) is 2.92. The van der Waals surface area contributed by atoms with Crippen molar-refractivity contribution in [3.05, 3.63) is 101 Å². The number of rotatable bonds is 4. The zero-order chi connectivity index (χ0) is 25.1. The summed E-state index contributed by atoms with van der Waals surface area (Å²) in [5, 5.41) is 3.05. The number of carbonyl (C=O) groups excluding carboxylic acids is 1. The van der Waals surface area contributed by atoms with Crippen molar-refractivity contribution in [2.24, 2.45) is 0 Å². The van der Waals surface area contributed by atoms with E-state index in [4.69, 9.17) is 16.5 Å². The lowest BCUT2D eigenvalue weighted by Gasteiger charge is -2.30. The van der Waals surface area contributed by atoms with Gasteiger partial charge in [-0.2, -0.15) is 0 Å². The Kier molecular flexibility index (Phi) is 6.42. The van der Waals surface area contributed by atoms with E-state index in [1.807, 2.05) is 41.3 Å². The van der Waals surface area contributed by atoms with E-state index in [1.165, 1.54) is 5.56 Å². The van der Waals surface area contributed by atoms with Gasteiger partial charge >= 0.3 is 6.03 Å². The smallest absolute Gasteiger partial charge is 0.322 e. The monoisotopic (exact) mass is 474 g/mol. The standard InChI is InChI=1S/C29H26N6O/c1-4-20-9-7-10-22(16-20)32-29(36)35-15-14-25-24(18-35)27(23-11-6-5-8-19(23)2)34-28(33-25)21-12-13-26(30-3)31-17-21/h5-13,16-17H,4,14-15,18H2,1-2H3,(H,32,36). The fraction of sp³-hybridized carbons (Fsp3) is 0.207. The predicted molar refractivity (Wildman–Crippen MR) is 141 cm³/mol. The third kappa shape index (κ3) is 4.66. The van der Waals surface area contributed by atoms with E-state index in [9.17, 15) is 4.79 Å². The van der Waals surface area contributed by atoms with Gasteiger partial charge in [0.15, 0.2) is 5.82 Å². The number of anilines is 1. The molecule has 0 saturated carbocycles. The lowest BCUT2D eigenvalue weighted by atomic mass is 9.96. The molecule has 0 saturated heterocycles. The second kappa shape index (κ2) is 9.96. The van der Waals surface area contributed by atoms with Gasteiger partial charge in [-0.1, -0.05) is 56.0 Å². The zero-order valence-corrected chi connectivity index (χ0v) is 20.3. The van der Waals surface area contributed by atoms with E-state index in [0.29, 0.717) is 31.2 Å². The molecule has 7 heteroatoms. The lowest BCUT2D eigenvalue weighted by molar-refractivity contribution is 0.206. The van der Waals surface area contributed by atoms with Crippen LogP contribution in [0.5, 0.6) is 0 Å². The van der Waals surface area contributed by atoms with E-state index in [-0.39, 0.29) is 6.03 Å². The van der Waals surface area contributed by atoms with Crippen molar-refractivity contribution < 1.29 is 4.79 Å². The summed E-state index contributed by atoms with van der Waals surface area (Å²) < 4.78 is 0. The van der Waals surface area contributed by atoms with Gasteiger partial charge in [-0.05, 0) is 42.7 Å². The molecule has 2 aromatic heterocycles. The Morgan fingerprint density at radius 1 is 1.11 bits per heavy atom. The summed E-state index contributed by atoms with van der Waals surface area (Å²) in [6, 6.07) is 19.4. The van der Waals surface area contributed by atoms with Crippen LogP contribution in [0.3, 0.4) is 0 Å².